The van der Waals surface area contributed by atoms with E-state index in [1.54, 1.807) is 14.0 Å². The minimum atomic E-state index is -2.95. The number of nitrogens with zero attached hydrogens (tertiary/aromatic N) is 1. The number of hydrogen-bond acceptors (Lipinski definition) is 5. The first kappa shape index (κ1) is 16.5. The Labute approximate surface area is 130 Å². The van der Waals surface area contributed by atoms with E-state index >= 15 is 0 Å². The van der Waals surface area contributed by atoms with Crippen LogP contribution in [0.25, 0.3) is 0 Å². The standard InChI is InChI=1S/C15H20N2O4S/c1-11(13-3-5-14(21-2)6-4-13)16-17-15(18)9-12-7-8-22(19,20)10-12/h3-6,12H,7-10H2,1-2H3,(H,17,18)/b16-11-/t12-/m1/s1. The van der Waals surface area contributed by atoms with E-state index < -0.39 is 9.84 Å². The molecule has 0 saturated carbocycles. The molecule has 0 radical (unpaired) electrons. The molecule has 1 N–H and O–H groups in total. The van der Waals surface area contributed by atoms with Gasteiger partial charge in [0.2, 0.25) is 5.91 Å². The molecule has 0 spiro atoms. The Morgan fingerprint density at radius 1 is 1.36 bits per heavy atom. The van der Waals surface area contributed by atoms with Crippen molar-refractivity contribution in [2.45, 2.75) is 19.8 Å². The Balaban J connectivity index is 1.88. The van der Waals surface area contributed by atoms with E-state index in [9.17, 15) is 13.2 Å². The Morgan fingerprint density at radius 3 is 2.59 bits per heavy atom. The van der Waals surface area contributed by atoms with Gasteiger partial charge in [-0.05, 0) is 49.1 Å². The Bertz CT molecular complexity index is 665. The van der Waals surface area contributed by atoms with E-state index in [0.717, 1.165) is 11.3 Å². The van der Waals surface area contributed by atoms with Crippen LogP contribution in [0.15, 0.2) is 29.4 Å². The van der Waals surface area contributed by atoms with Gasteiger partial charge in [0.1, 0.15) is 5.75 Å². The monoisotopic (exact) mass is 324 g/mol. The first-order valence-electron chi connectivity index (χ1n) is 7.07. The quantitative estimate of drug-likeness (QED) is 0.654. The molecule has 0 bridgehead atoms. The number of hydrogen-bond donors (Lipinski definition) is 1. The van der Waals surface area contributed by atoms with Crippen LogP contribution in [0.3, 0.4) is 0 Å². The van der Waals surface area contributed by atoms with Crippen molar-refractivity contribution in [3.05, 3.63) is 29.8 Å². The largest absolute Gasteiger partial charge is 0.497 e. The number of amides is 1. The van der Waals surface area contributed by atoms with Crippen LogP contribution < -0.4 is 10.2 Å². The molecule has 1 aromatic rings. The molecule has 0 unspecified atom stereocenters. The summed E-state index contributed by atoms with van der Waals surface area (Å²) < 4.78 is 27.8. The smallest absolute Gasteiger partial charge is 0.240 e. The normalized spacial score (nSPS) is 20.6. The number of ether oxygens (including phenoxy) is 1. The summed E-state index contributed by atoms with van der Waals surface area (Å²) in [4.78, 5) is 11.8. The molecular weight excluding hydrogens is 304 g/mol. The minimum Gasteiger partial charge on any atom is -0.497 e. The summed E-state index contributed by atoms with van der Waals surface area (Å²) in [5, 5.41) is 4.06. The molecule has 0 aromatic heterocycles. The van der Waals surface area contributed by atoms with Gasteiger partial charge in [0.15, 0.2) is 9.84 Å². The van der Waals surface area contributed by atoms with E-state index in [4.69, 9.17) is 4.74 Å². The number of methoxy groups -OCH3 is 1. The molecule has 2 rings (SSSR count). The van der Waals surface area contributed by atoms with Gasteiger partial charge < -0.3 is 4.74 Å². The third-order valence-electron chi connectivity index (χ3n) is 3.66. The number of benzene rings is 1. The number of carbonyl (C=O) groups is 1. The summed E-state index contributed by atoms with van der Waals surface area (Å²) in [6, 6.07) is 7.35. The van der Waals surface area contributed by atoms with Crippen LogP contribution in [-0.2, 0) is 14.6 Å². The van der Waals surface area contributed by atoms with Crippen LogP contribution in [0.1, 0.15) is 25.3 Å². The highest BCUT2D eigenvalue weighted by molar-refractivity contribution is 7.91. The summed E-state index contributed by atoms with van der Waals surface area (Å²) in [5.74, 6) is 0.681. The van der Waals surface area contributed by atoms with Gasteiger partial charge in [0.25, 0.3) is 0 Å². The molecule has 1 aromatic carbocycles. The molecule has 6 nitrogen and oxygen atoms in total. The first-order valence-corrected chi connectivity index (χ1v) is 8.90. The van der Waals surface area contributed by atoms with Gasteiger partial charge in [0, 0.05) is 6.42 Å². The molecule has 1 atom stereocenters. The summed E-state index contributed by atoms with van der Waals surface area (Å²) in [5.41, 5.74) is 4.04. The average Bonchev–Trinajstić information content (AvgIpc) is 2.83. The van der Waals surface area contributed by atoms with E-state index in [1.807, 2.05) is 24.3 Å². The number of nitrogens with one attached hydrogen (secondary N) is 1. The summed E-state index contributed by atoms with van der Waals surface area (Å²) in [7, 11) is -1.35. The molecule has 0 aliphatic carbocycles. The van der Waals surface area contributed by atoms with Crippen molar-refractivity contribution < 1.29 is 17.9 Å². The highest BCUT2D eigenvalue weighted by Crippen LogP contribution is 2.21. The van der Waals surface area contributed by atoms with Gasteiger partial charge in [-0.3, -0.25) is 4.79 Å². The molecule has 1 heterocycles. The molecule has 1 amide bonds. The van der Waals surface area contributed by atoms with Crippen molar-refractivity contribution in [1.82, 2.24) is 5.43 Å². The highest BCUT2D eigenvalue weighted by Gasteiger charge is 2.29. The van der Waals surface area contributed by atoms with Crippen LogP contribution in [0.4, 0.5) is 0 Å². The number of hydrazone groups is 1. The van der Waals surface area contributed by atoms with Gasteiger partial charge in [-0.1, -0.05) is 0 Å². The molecule has 1 fully saturated rings. The van der Waals surface area contributed by atoms with E-state index in [1.165, 1.54) is 0 Å². The predicted molar refractivity (Wildman–Crippen MR) is 84.7 cm³/mol. The summed E-state index contributed by atoms with van der Waals surface area (Å²) >= 11 is 0. The topological polar surface area (TPSA) is 84.8 Å². The van der Waals surface area contributed by atoms with Crippen molar-refractivity contribution in [3.63, 3.8) is 0 Å². The molecule has 7 heteroatoms. The number of sulfone groups is 1. The first-order chi connectivity index (χ1) is 10.4. The van der Waals surface area contributed by atoms with Crippen molar-refractivity contribution in [2.75, 3.05) is 18.6 Å². The highest BCUT2D eigenvalue weighted by atomic mass is 32.2. The van der Waals surface area contributed by atoms with Crippen molar-refractivity contribution in [2.24, 2.45) is 11.0 Å². The third kappa shape index (κ3) is 4.56. The SMILES string of the molecule is COc1ccc(/C(C)=N\NC(=O)C[C@H]2CCS(=O)(=O)C2)cc1. The van der Waals surface area contributed by atoms with Crippen LogP contribution in [-0.4, -0.2) is 38.7 Å². The molecule has 120 valence electrons. The van der Waals surface area contributed by atoms with E-state index in [2.05, 4.69) is 10.5 Å². The Kier molecular flexibility index (Phi) is 5.18. The molecular formula is C15H20N2O4S. The van der Waals surface area contributed by atoms with E-state index in [-0.39, 0.29) is 29.8 Å². The van der Waals surface area contributed by atoms with Crippen molar-refractivity contribution in [3.8, 4) is 5.75 Å². The lowest BCUT2D eigenvalue weighted by molar-refractivity contribution is -0.121. The lowest BCUT2D eigenvalue weighted by Gasteiger charge is -2.07. The Morgan fingerprint density at radius 2 is 2.05 bits per heavy atom. The minimum absolute atomic E-state index is 0.0958. The summed E-state index contributed by atoms with van der Waals surface area (Å²) in [6.45, 7) is 1.79. The lowest BCUT2D eigenvalue weighted by Crippen LogP contribution is -2.22. The molecule has 22 heavy (non-hydrogen) atoms. The zero-order valence-electron chi connectivity index (χ0n) is 12.7. The second-order valence-electron chi connectivity index (χ2n) is 5.43. The summed E-state index contributed by atoms with van der Waals surface area (Å²) in [6.07, 6.45) is 0.746. The molecule has 1 aliphatic heterocycles. The maximum atomic E-state index is 11.8. The fraction of sp³-hybridized carbons (Fsp3) is 0.467. The fourth-order valence-electron chi connectivity index (χ4n) is 2.38. The maximum Gasteiger partial charge on any atom is 0.240 e. The molecule has 1 saturated heterocycles. The average molecular weight is 324 g/mol. The van der Waals surface area contributed by atoms with Gasteiger partial charge >= 0.3 is 0 Å². The number of rotatable bonds is 5. The van der Waals surface area contributed by atoms with Gasteiger partial charge in [0.05, 0.1) is 24.3 Å². The third-order valence-corrected chi connectivity index (χ3v) is 5.49. The van der Waals surface area contributed by atoms with Crippen LogP contribution >= 0.6 is 0 Å². The van der Waals surface area contributed by atoms with Gasteiger partial charge in [-0.2, -0.15) is 5.10 Å². The van der Waals surface area contributed by atoms with Gasteiger partial charge in [-0.25, -0.2) is 13.8 Å². The number of carbonyl (C=O) groups excluding carboxylic acids is 1. The predicted octanol–water partition coefficient (Wildman–Crippen LogP) is 1.36. The molecule has 1 aliphatic rings. The van der Waals surface area contributed by atoms with Crippen molar-refractivity contribution >= 4 is 21.5 Å². The maximum absolute atomic E-state index is 11.8. The van der Waals surface area contributed by atoms with Crippen LogP contribution in [0, 0.1) is 5.92 Å². The second-order valence-corrected chi connectivity index (χ2v) is 7.66. The second kappa shape index (κ2) is 6.91. The zero-order valence-corrected chi connectivity index (χ0v) is 13.5. The van der Waals surface area contributed by atoms with Crippen LogP contribution in [0.5, 0.6) is 5.75 Å². The lowest BCUT2D eigenvalue weighted by atomic mass is 10.1. The zero-order chi connectivity index (χ0) is 16.2. The Hall–Kier alpha value is -1.89. The van der Waals surface area contributed by atoms with Gasteiger partial charge in [-0.15, -0.1) is 0 Å². The van der Waals surface area contributed by atoms with Crippen molar-refractivity contribution in [1.29, 1.82) is 0 Å². The van der Waals surface area contributed by atoms with E-state index in [0.29, 0.717) is 12.1 Å². The fourth-order valence-corrected chi connectivity index (χ4v) is 4.25. The van der Waals surface area contributed by atoms with Crippen LogP contribution in [0.2, 0.25) is 0 Å².